The molecule has 0 aliphatic carbocycles. The fourth-order valence-corrected chi connectivity index (χ4v) is 2.39. The van der Waals surface area contributed by atoms with E-state index in [4.69, 9.17) is 4.74 Å². The SMILES string of the molecule is CCCCCC(O)[C@H]1O[C@H](O)[C@@](O)(C(C)=O)[C@@H](O)[C@H]1O. The molecule has 7 heteroatoms. The highest BCUT2D eigenvalue weighted by molar-refractivity contribution is 5.86. The number of unbranched alkanes of at least 4 members (excludes halogenated alkanes) is 2. The van der Waals surface area contributed by atoms with E-state index in [0.29, 0.717) is 12.8 Å². The minimum absolute atomic E-state index is 0.327. The Bertz CT molecular complexity index is 335. The summed E-state index contributed by atoms with van der Waals surface area (Å²) in [4.78, 5) is 11.4. The molecule has 0 aromatic heterocycles. The zero-order valence-electron chi connectivity index (χ0n) is 11.8. The smallest absolute Gasteiger partial charge is 0.202 e. The van der Waals surface area contributed by atoms with Gasteiger partial charge in [0, 0.05) is 0 Å². The van der Waals surface area contributed by atoms with E-state index in [2.05, 4.69) is 0 Å². The normalized spacial score (nSPS) is 39.5. The molecule has 20 heavy (non-hydrogen) atoms. The topological polar surface area (TPSA) is 127 Å². The summed E-state index contributed by atoms with van der Waals surface area (Å²) in [6.45, 7) is 2.97. The number of hydrogen-bond donors (Lipinski definition) is 5. The average Bonchev–Trinajstić information content (AvgIpc) is 2.40. The molecule has 0 saturated carbocycles. The van der Waals surface area contributed by atoms with Crippen LogP contribution in [0.5, 0.6) is 0 Å². The summed E-state index contributed by atoms with van der Waals surface area (Å²) in [5.41, 5.74) is -2.58. The molecule has 1 fully saturated rings. The van der Waals surface area contributed by atoms with Crippen LogP contribution < -0.4 is 0 Å². The zero-order chi connectivity index (χ0) is 15.5. The second kappa shape index (κ2) is 6.93. The second-order valence-corrected chi connectivity index (χ2v) is 5.33. The predicted molar refractivity (Wildman–Crippen MR) is 68.7 cm³/mol. The van der Waals surface area contributed by atoms with E-state index in [0.717, 1.165) is 19.8 Å². The van der Waals surface area contributed by atoms with Gasteiger partial charge in [-0.05, 0) is 13.3 Å². The van der Waals surface area contributed by atoms with Crippen molar-refractivity contribution in [1.29, 1.82) is 0 Å². The van der Waals surface area contributed by atoms with Gasteiger partial charge < -0.3 is 30.3 Å². The van der Waals surface area contributed by atoms with Crippen molar-refractivity contribution in [1.82, 2.24) is 0 Å². The molecule has 0 radical (unpaired) electrons. The number of ketones is 1. The molecule has 1 rings (SSSR count). The Morgan fingerprint density at radius 3 is 2.40 bits per heavy atom. The molecule has 0 aromatic rings. The van der Waals surface area contributed by atoms with Crippen molar-refractivity contribution in [2.45, 2.75) is 75.8 Å². The summed E-state index contributed by atoms with van der Waals surface area (Å²) in [5.74, 6) is -0.921. The quantitative estimate of drug-likeness (QED) is 0.384. The highest BCUT2D eigenvalue weighted by atomic mass is 16.6. The van der Waals surface area contributed by atoms with E-state index < -0.39 is 42.1 Å². The summed E-state index contributed by atoms with van der Waals surface area (Å²) in [7, 11) is 0. The van der Waals surface area contributed by atoms with Crippen molar-refractivity contribution in [3.05, 3.63) is 0 Å². The number of ether oxygens (including phenoxy) is 1. The fourth-order valence-electron chi connectivity index (χ4n) is 2.39. The molecule has 0 amide bonds. The van der Waals surface area contributed by atoms with Crippen LogP contribution in [0.4, 0.5) is 0 Å². The molecule has 0 bridgehead atoms. The van der Waals surface area contributed by atoms with Gasteiger partial charge in [0.15, 0.2) is 12.1 Å². The van der Waals surface area contributed by atoms with Gasteiger partial charge in [0.2, 0.25) is 5.60 Å². The first kappa shape index (κ1) is 17.5. The summed E-state index contributed by atoms with van der Waals surface area (Å²) in [6.07, 6.45) is -5.06. The Kier molecular flexibility index (Phi) is 6.06. The molecule has 5 N–H and O–H groups in total. The van der Waals surface area contributed by atoms with Crippen LogP contribution in [0.25, 0.3) is 0 Å². The van der Waals surface area contributed by atoms with E-state index >= 15 is 0 Å². The molecule has 6 atom stereocenters. The summed E-state index contributed by atoms with van der Waals surface area (Å²) < 4.78 is 4.96. The van der Waals surface area contributed by atoms with Gasteiger partial charge in [0.25, 0.3) is 0 Å². The summed E-state index contributed by atoms with van der Waals surface area (Å²) >= 11 is 0. The van der Waals surface area contributed by atoms with Crippen molar-refractivity contribution < 1.29 is 35.1 Å². The minimum Gasteiger partial charge on any atom is -0.390 e. The first-order valence-electron chi connectivity index (χ1n) is 6.87. The third kappa shape index (κ3) is 3.19. The Labute approximate surface area is 117 Å². The lowest BCUT2D eigenvalue weighted by molar-refractivity contribution is -0.324. The molecule has 1 heterocycles. The van der Waals surface area contributed by atoms with E-state index in [-0.39, 0.29) is 0 Å². The zero-order valence-corrected chi connectivity index (χ0v) is 11.8. The molecule has 1 aliphatic heterocycles. The Morgan fingerprint density at radius 2 is 1.90 bits per heavy atom. The van der Waals surface area contributed by atoms with E-state index in [1.54, 1.807) is 0 Å². The van der Waals surface area contributed by atoms with Crippen molar-refractivity contribution in [3.8, 4) is 0 Å². The average molecular weight is 292 g/mol. The van der Waals surface area contributed by atoms with Gasteiger partial charge >= 0.3 is 0 Å². The van der Waals surface area contributed by atoms with Crippen molar-refractivity contribution in [2.75, 3.05) is 0 Å². The van der Waals surface area contributed by atoms with Gasteiger partial charge in [-0.2, -0.15) is 0 Å². The molecule has 0 aromatic carbocycles. The number of carbonyl (C=O) groups excluding carboxylic acids is 1. The minimum atomic E-state index is -2.58. The van der Waals surface area contributed by atoms with Crippen LogP contribution in [-0.4, -0.2) is 67.6 Å². The molecule has 1 aliphatic rings. The maximum Gasteiger partial charge on any atom is 0.202 e. The second-order valence-electron chi connectivity index (χ2n) is 5.33. The lowest BCUT2D eigenvalue weighted by atomic mass is 9.82. The number of hydrogen-bond acceptors (Lipinski definition) is 7. The first-order chi connectivity index (χ1) is 9.26. The van der Waals surface area contributed by atoms with Gasteiger partial charge in [-0.3, -0.25) is 4.79 Å². The molecule has 118 valence electrons. The van der Waals surface area contributed by atoms with E-state index in [9.17, 15) is 30.3 Å². The molecular formula is C13H24O7. The predicted octanol–water partition coefficient (Wildman–Crippen LogP) is -1.31. The number of aliphatic hydroxyl groups is 5. The van der Waals surface area contributed by atoms with Crippen LogP contribution in [0.2, 0.25) is 0 Å². The van der Waals surface area contributed by atoms with Crippen LogP contribution in [0.15, 0.2) is 0 Å². The fraction of sp³-hybridized carbons (Fsp3) is 0.923. The largest absolute Gasteiger partial charge is 0.390 e. The molecule has 1 saturated heterocycles. The van der Waals surface area contributed by atoms with Gasteiger partial charge in [0.05, 0.1) is 6.10 Å². The maximum atomic E-state index is 11.4. The third-order valence-electron chi connectivity index (χ3n) is 3.82. The summed E-state index contributed by atoms with van der Waals surface area (Å²) in [5, 5.41) is 49.4. The van der Waals surface area contributed by atoms with Gasteiger partial charge in [-0.25, -0.2) is 0 Å². The molecular weight excluding hydrogens is 268 g/mol. The monoisotopic (exact) mass is 292 g/mol. The number of Topliss-reactive ketones (excluding diaryl/α,β-unsaturated/α-hetero) is 1. The van der Waals surface area contributed by atoms with Gasteiger partial charge in [0.1, 0.15) is 18.3 Å². The number of aliphatic hydroxyl groups excluding tert-OH is 4. The number of rotatable bonds is 6. The molecule has 0 spiro atoms. The van der Waals surface area contributed by atoms with Gasteiger partial charge in [-0.15, -0.1) is 0 Å². The van der Waals surface area contributed by atoms with Crippen LogP contribution in [0, 0.1) is 0 Å². The Hall–Kier alpha value is -0.570. The summed E-state index contributed by atoms with van der Waals surface area (Å²) in [6, 6.07) is 0. The van der Waals surface area contributed by atoms with Gasteiger partial charge in [-0.1, -0.05) is 26.2 Å². The van der Waals surface area contributed by atoms with Crippen molar-refractivity contribution in [2.24, 2.45) is 0 Å². The van der Waals surface area contributed by atoms with Crippen molar-refractivity contribution in [3.63, 3.8) is 0 Å². The van der Waals surface area contributed by atoms with Crippen LogP contribution >= 0.6 is 0 Å². The molecule has 1 unspecified atom stereocenters. The Morgan fingerprint density at radius 1 is 1.30 bits per heavy atom. The highest BCUT2D eigenvalue weighted by Crippen LogP contribution is 2.31. The van der Waals surface area contributed by atoms with E-state index in [1.165, 1.54) is 0 Å². The highest BCUT2D eigenvalue weighted by Gasteiger charge is 2.58. The Balaban J connectivity index is 2.77. The maximum absolute atomic E-state index is 11.4. The van der Waals surface area contributed by atoms with Crippen LogP contribution in [-0.2, 0) is 9.53 Å². The lowest BCUT2D eigenvalue weighted by Gasteiger charge is -2.46. The third-order valence-corrected chi connectivity index (χ3v) is 3.82. The standard InChI is InChI=1S/C13H24O7/c1-3-4-5-6-8(15)10-9(16)11(17)13(19,7(2)14)12(18)20-10/h8-12,15-19H,3-6H2,1-2H3/t8?,9-,10+,11-,12-,13+/m0/s1. The number of carbonyl (C=O) groups is 1. The molecule has 7 nitrogen and oxygen atoms in total. The lowest BCUT2D eigenvalue weighted by Crippen LogP contribution is -2.70. The van der Waals surface area contributed by atoms with E-state index in [1.807, 2.05) is 6.92 Å². The van der Waals surface area contributed by atoms with Crippen LogP contribution in [0.1, 0.15) is 39.5 Å². The van der Waals surface area contributed by atoms with Crippen LogP contribution in [0.3, 0.4) is 0 Å². The van der Waals surface area contributed by atoms with Crippen molar-refractivity contribution >= 4 is 5.78 Å². The first-order valence-corrected chi connectivity index (χ1v) is 6.87.